The third kappa shape index (κ3) is 11.6. The molecule has 0 unspecified atom stereocenters. The first-order valence-corrected chi connectivity index (χ1v) is 17.2. The van der Waals surface area contributed by atoms with Crippen molar-refractivity contribution in [1.29, 1.82) is 0 Å². The van der Waals surface area contributed by atoms with Gasteiger partial charge in [-0.05, 0) is 100 Å². The summed E-state index contributed by atoms with van der Waals surface area (Å²) in [4.78, 5) is 31.0. The lowest BCUT2D eigenvalue weighted by molar-refractivity contribution is -0.137. The van der Waals surface area contributed by atoms with E-state index in [-0.39, 0.29) is 54.1 Å². The van der Waals surface area contributed by atoms with Crippen molar-refractivity contribution in [2.45, 2.75) is 71.0 Å². The van der Waals surface area contributed by atoms with Crippen molar-refractivity contribution in [2.24, 2.45) is 5.92 Å². The Kier molecular flexibility index (Phi) is 14.1. The number of benzene rings is 3. The molecule has 0 fully saturated rings. The van der Waals surface area contributed by atoms with Crippen molar-refractivity contribution >= 4 is 23.3 Å². The van der Waals surface area contributed by atoms with Gasteiger partial charge >= 0.3 is 12.2 Å². The molecular weight excluding hydrogens is 665 g/mol. The van der Waals surface area contributed by atoms with Gasteiger partial charge in [0.15, 0.2) is 0 Å². The maximum absolute atomic E-state index is 14.4. The SMILES string of the molecule is COc1ccc(CN(C)C[C@@H]2OCCCC[C@H](C)Oc3ccc(NC(=O)Nc4ccc(C(F)(F)F)cc4)cc3C(=O)N([C@H](C)CO)C[C@H]2C)cc1. The van der Waals surface area contributed by atoms with E-state index in [1.54, 1.807) is 31.1 Å². The number of amides is 3. The fraction of sp³-hybridized carbons (Fsp3) is 0.474. The summed E-state index contributed by atoms with van der Waals surface area (Å²) < 4.78 is 56.9. The Morgan fingerprint density at radius 1 is 1.04 bits per heavy atom. The van der Waals surface area contributed by atoms with Crippen LogP contribution in [-0.2, 0) is 17.5 Å². The average Bonchev–Trinajstić information content (AvgIpc) is 3.09. The van der Waals surface area contributed by atoms with Crippen LogP contribution < -0.4 is 20.1 Å². The molecule has 1 aliphatic heterocycles. The minimum absolute atomic E-state index is 0.122. The number of hydrogen-bond acceptors (Lipinski definition) is 7. The van der Waals surface area contributed by atoms with E-state index in [1.165, 1.54) is 6.07 Å². The molecule has 51 heavy (non-hydrogen) atoms. The van der Waals surface area contributed by atoms with Gasteiger partial charge in [0, 0.05) is 43.5 Å². The zero-order chi connectivity index (χ0) is 37.1. The first kappa shape index (κ1) is 39.5. The third-order valence-electron chi connectivity index (χ3n) is 8.88. The van der Waals surface area contributed by atoms with Crippen LogP contribution in [0.5, 0.6) is 11.5 Å². The smallest absolute Gasteiger partial charge is 0.416 e. The molecule has 4 atom stereocenters. The normalized spacial score (nSPS) is 19.8. The number of carbonyl (C=O) groups excluding carboxylic acids is 2. The van der Waals surface area contributed by atoms with Gasteiger partial charge in [0.25, 0.3) is 5.91 Å². The molecule has 3 aromatic rings. The standard InChI is InChI=1S/C38H49F3N4O6/c1-25-21-45(26(2)24-46)36(47)33-20-31(43-37(48)42-30-13-11-29(12-14-30)38(39,40)41)15-18-34(33)51-27(3)8-6-7-19-50-35(25)23-44(4)22-28-9-16-32(49-5)17-10-28/h9-18,20,25-27,35,46H,6-8,19,21-24H2,1-5H3,(H2,42,43,48)/t25-,26-,27+,35+/m1/s1. The highest BCUT2D eigenvalue weighted by Crippen LogP contribution is 2.31. The van der Waals surface area contributed by atoms with Crippen LogP contribution in [0.2, 0.25) is 0 Å². The zero-order valence-corrected chi connectivity index (χ0v) is 29.8. The first-order valence-electron chi connectivity index (χ1n) is 17.2. The molecule has 0 saturated heterocycles. The molecule has 0 saturated carbocycles. The van der Waals surface area contributed by atoms with Crippen molar-refractivity contribution < 1.29 is 42.1 Å². The molecule has 4 rings (SSSR count). The van der Waals surface area contributed by atoms with Crippen LogP contribution in [0.4, 0.5) is 29.3 Å². The number of aliphatic hydroxyl groups excluding tert-OH is 1. The van der Waals surface area contributed by atoms with Crippen molar-refractivity contribution in [1.82, 2.24) is 9.80 Å². The van der Waals surface area contributed by atoms with E-state index in [1.807, 2.05) is 45.2 Å². The number of aliphatic hydroxyl groups is 1. The van der Waals surface area contributed by atoms with E-state index in [0.29, 0.717) is 25.4 Å². The molecule has 0 aliphatic carbocycles. The van der Waals surface area contributed by atoms with E-state index < -0.39 is 23.8 Å². The highest BCUT2D eigenvalue weighted by Gasteiger charge is 2.31. The molecule has 3 aromatic carbocycles. The van der Waals surface area contributed by atoms with Crippen LogP contribution in [0.25, 0.3) is 0 Å². The quantitative estimate of drug-likeness (QED) is 0.214. The van der Waals surface area contributed by atoms with Gasteiger partial charge in [-0.3, -0.25) is 9.69 Å². The summed E-state index contributed by atoms with van der Waals surface area (Å²) in [6, 6.07) is 15.5. The summed E-state index contributed by atoms with van der Waals surface area (Å²) in [5, 5.41) is 15.4. The number of rotatable bonds is 9. The van der Waals surface area contributed by atoms with E-state index >= 15 is 0 Å². The fourth-order valence-corrected chi connectivity index (χ4v) is 5.91. The maximum atomic E-state index is 14.4. The lowest BCUT2D eigenvalue weighted by Gasteiger charge is -2.36. The summed E-state index contributed by atoms with van der Waals surface area (Å²) in [7, 11) is 3.66. The highest BCUT2D eigenvalue weighted by atomic mass is 19.4. The lowest BCUT2D eigenvalue weighted by Crippen LogP contribution is -2.47. The molecular formula is C38H49F3N4O6. The minimum Gasteiger partial charge on any atom is -0.497 e. The summed E-state index contributed by atoms with van der Waals surface area (Å²) in [6.45, 7) is 7.59. The van der Waals surface area contributed by atoms with Crippen LogP contribution in [-0.4, -0.2) is 85.6 Å². The Bertz CT molecular complexity index is 1570. The van der Waals surface area contributed by atoms with Gasteiger partial charge in [-0.15, -0.1) is 0 Å². The predicted molar refractivity (Wildman–Crippen MR) is 190 cm³/mol. The van der Waals surface area contributed by atoms with Crippen LogP contribution >= 0.6 is 0 Å². The number of halogens is 3. The number of hydrogen-bond donors (Lipinski definition) is 3. The van der Waals surface area contributed by atoms with Crippen LogP contribution in [0.15, 0.2) is 66.7 Å². The zero-order valence-electron chi connectivity index (χ0n) is 29.8. The van der Waals surface area contributed by atoms with Gasteiger partial charge < -0.3 is 34.9 Å². The number of likely N-dealkylation sites (N-methyl/N-ethyl adjacent to an activating group) is 1. The van der Waals surface area contributed by atoms with Crippen molar-refractivity contribution in [3.05, 3.63) is 83.4 Å². The topological polar surface area (TPSA) is 113 Å². The van der Waals surface area contributed by atoms with Crippen LogP contribution in [0.1, 0.15) is 61.5 Å². The van der Waals surface area contributed by atoms with Gasteiger partial charge in [0.05, 0.1) is 43.1 Å². The van der Waals surface area contributed by atoms with E-state index in [0.717, 1.165) is 54.8 Å². The number of alkyl halides is 3. The molecule has 0 spiro atoms. The number of methoxy groups -OCH3 is 1. The summed E-state index contributed by atoms with van der Waals surface area (Å²) >= 11 is 0. The van der Waals surface area contributed by atoms with E-state index in [2.05, 4.69) is 15.5 Å². The largest absolute Gasteiger partial charge is 0.497 e. The minimum atomic E-state index is -4.50. The first-order chi connectivity index (χ1) is 24.3. The average molecular weight is 715 g/mol. The molecule has 3 amide bonds. The number of nitrogens with one attached hydrogen (secondary N) is 2. The van der Waals surface area contributed by atoms with Gasteiger partial charge in [0.1, 0.15) is 11.5 Å². The molecule has 0 bridgehead atoms. The van der Waals surface area contributed by atoms with Gasteiger partial charge in [-0.25, -0.2) is 4.79 Å². The van der Waals surface area contributed by atoms with Gasteiger partial charge in [-0.2, -0.15) is 13.2 Å². The third-order valence-corrected chi connectivity index (χ3v) is 8.88. The molecule has 0 radical (unpaired) electrons. The Morgan fingerprint density at radius 3 is 2.35 bits per heavy atom. The number of anilines is 2. The van der Waals surface area contributed by atoms with Crippen LogP contribution in [0.3, 0.4) is 0 Å². The highest BCUT2D eigenvalue weighted by molar-refractivity contribution is 6.02. The molecule has 1 aliphatic rings. The van der Waals surface area contributed by atoms with Crippen molar-refractivity contribution in [2.75, 3.05) is 51.1 Å². The number of ether oxygens (including phenoxy) is 3. The second-order valence-electron chi connectivity index (χ2n) is 13.2. The summed E-state index contributed by atoms with van der Waals surface area (Å²) in [5.74, 6) is 0.619. The Balaban J connectivity index is 1.56. The maximum Gasteiger partial charge on any atom is 0.416 e. The molecule has 1 heterocycles. The van der Waals surface area contributed by atoms with Crippen LogP contribution in [0, 0.1) is 5.92 Å². The summed E-state index contributed by atoms with van der Waals surface area (Å²) in [5.41, 5.74) is 0.931. The number of carbonyl (C=O) groups is 2. The molecule has 0 aromatic heterocycles. The Morgan fingerprint density at radius 2 is 1.71 bits per heavy atom. The Labute approximate surface area is 297 Å². The second kappa shape index (κ2) is 18.2. The summed E-state index contributed by atoms with van der Waals surface area (Å²) in [6.07, 6.45) is -2.53. The molecule has 13 heteroatoms. The lowest BCUT2D eigenvalue weighted by atomic mass is 10.0. The van der Waals surface area contributed by atoms with E-state index in [4.69, 9.17) is 14.2 Å². The van der Waals surface area contributed by atoms with Gasteiger partial charge in [-0.1, -0.05) is 19.1 Å². The predicted octanol–water partition coefficient (Wildman–Crippen LogP) is 7.29. The molecule has 3 N–H and O–H groups in total. The van der Waals surface area contributed by atoms with Crippen molar-refractivity contribution in [3.63, 3.8) is 0 Å². The number of nitrogens with zero attached hydrogens (tertiary/aromatic N) is 2. The molecule has 10 nitrogen and oxygen atoms in total. The number of urea groups is 1. The number of fused-ring (bicyclic) bond motifs is 1. The Hall–Kier alpha value is -4.33. The van der Waals surface area contributed by atoms with Gasteiger partial charge in [0.2, 0.25) is 0 Å². The second-order valence-corrected chi connectivity index (χ2v) is 13.2. The van der Waals surface area contributed by atoms with E-state index in [9.17, 15) is 27.9 Å². The fourth-order valence-electron chi connectivity index (χ4n) is 5.91. The molecule has 278 valence electrons. The monoisotopic (exact) mass is 714 g/mol. The van der Waals surface area contributed by atoms with Crippen molar-refractivity contribution in [3.8, 4) is 11.5 Å².